The van der Waals surface area contributed by atoms with E-state index in [4.69, 9.17) is 9.47 Å². The van der Waals surface area contributed by atoms with Crippen LogP contribution in [0.4, 0.5) is 11.6 Å². The lowest BCUT2D eigenvalue weighted by atomic mass is 10.3. The number of carbonyl (C=O) groups excluding carboxylic acids is 1. The molecular weight excluding hydrogens is 284 g/mol. The van der Waals surface area contributed by atoms with Crippen molar-refractivity contribution in [3.8, 4) is 11.5 Å². The quantitative estimate of drug-likeness (QED) is 0.760. The first-order chi connectivity index (χ1) is 10.7. The van der Waals surface area contributed by atoms with E-state index in [1.165, 1.54) is 6.92 Å². The molecule has 0 aliphatic carbocycles. The van der Waals surface area contributed by atoms with E-state index in [9.17, 15) is 4.79 Å². The van der Waals surface area contributed by atoms with Crippen LogP contribution in [0.5, 0.6) is 11.5 Å². The first kappa shape index (κ1) is 15.6. The van der Waals surface area contributed by atoms with E-state index in [-0.39, 0.29) is 5.91 Å². The van der Waals surface area contributed by atoms with Gasteiger partial charge in [-0.15, -0.1) is 10.2 Å². The van der Waals surface area contributed by atoms with Crippen molar-refractivity contribution in [3.63, 3.8) is 0 Å². The fourth-order valence-electron chi connectivity index (χ4n) is 1.69. The molecule has 0 spiro atoms. The van der Waals surface area contributed by atoms with Gasteiger partial charge in [-0.2, -0.15) is 0 Å². The number of methoxy groups -OCH3 is 1. The summed E-state index contributed by atoms with van der Waals surface area (Å²) in [5.74, 6) is 2.43. The highest BCUT2D eigenvalue weighted by atomic mass is 16.5. The Morgan fingerprint density at radius 2 is 1.68 bits per heavy atom. The number of nitrogens with one attached hydrogen (secondary N) is 2. The summed E-state index contributed by atoms with van der Waals surface area (Å²) in [6.07, 6.45) is 0. The highest BCUT2D eigenvalue weighted by molar-refractivity contribution is 5.87. The van der Waals surface area contributed by atoms with E-state index in [0.29, 0.717) is 24.8 Å². The molecule has 0 radical (unpaired) electrons. The summed E-state index contributed by atoms with van der Waals surface area (Å²) in [6, 6.07) is 10.8. The Hall–Kier alpha value is -2.83. The third-order valence-corrected chi connectivity index (χ3v) is 2.70. The number of amides is 1. The van der Waals surface area contributed by atoms with Gasteiger partial charge in [0, 0.05) is 6.92 Å². The molecule has 1 amide bonds. The van der Waals surface area contributed by atoms with Gasteiger partial charge in [0.1, 0.15) is 23.9 Å². The van der Waals surface area contributed by atoms with Crippen molar-refractivity contribution in [2.75, 3.05) is 30.9 Å². The smallest absolute Gasteiger partial charge is 0.222 e. The van der Waals surface area contributed by atoms with Crippen molar-refractivity contribution >= 4 is 17.5 Å². The van der Waals surface area contributed by atoms with Gasteiger partial charge in [-0.25, -0.2) is 0 Å². The molecule has 0 fully saturated rings. The number of hydrogen-bond donors (Lipinski definition) is 2. The molecule has 2 N–H and O–H groups in total. The number of carbonyl (C=O) groups is 1. The second-order valence-electron chi connectivity index (χ2n) is 4.44. The zero-order valence-electron chi connectivity index (χ0n) is 12.5. The van der Waals surface area contributed by atoms with Crippen LogP contribution in [0.2, 0.25) is 0 Å². The maximum atomic E-state index is 10.9. The zero-order valence-corrected chi connectivity index (χ0v) is 12.5. The Labute approximate surface area is 128 Å². The van der Waals surface area contributed by atoms with E-state index in [1.54, 1.807) is 19.2 Å². The van der Waals surface area contributed by atoms with E-state index < -0.39 is 0 Å². The summed E-state index contributed by atoms with van der Waals surface area (Å²) < 4.78 is 10.7. The highest BCUT2D eigenvalue weighted by Crippen LogP contribution is 2.16. The van der Waals surface area contributed by atoms with Crippen LogP contribution in [-0.2, 0) is 4.79 Å². The van der Waals surface area contributed by atoms with E-state index >= 15 is 0 Å². The van der Waals surface area contributed by atoms with Crippen LogP contribution < -0.4 is 20.1 Å². The van der Waals surface area contributed by atoms with Gasteiger partial charge in [0.25, 0.3) is 0 Å². The van der Waals surface area contributed by atoms with Crippen LogP contribution in [0.1, 0.15) is 6.92 Å². The van der Waals surface area contributed by atoms with Gasteiger partial charge in [-0.1, -0.05) is 0 Å². The second kappa shape index (κ2) is 7.82. The van der Waals surface area contributed by atoms with Crippen molar-refractivity contribution in [3.05, 3.63) is 36.4 Å². The molecule has 0 bridgehead atoms. The molecule has 0 aliphatic heterocycles. The molecule has 7 heteroatoms. The van der Waals surface area contributed by atoms with Crippen molar-refractivity contribution < 1.29 is 14.3 Å². The van der Waals surface area contributed by atoms with Crippen LogP contribution >= 0.6 is 0 Å². The molecule has 116 valence electrons. The normalized spacial score (nSPS) is 9.91. The Morgan fingerprint density at radius 1 is 1.05 bits per heavy atom. The SMILES string of the molecule is COc1ccc(OCCNc2ccc(NC(C)=O)nn2)cc1. The van der Waals surface area contributed by atoms with Gasteiger partial charge in [0.2, 0.25) is 5.91 Å². The molecule has 0 unspecified atom stereocenters. The van der Waals surface area contributed by atoms with Gasteiger partial charge in [-0.05, 0) is 36.4 Å². The molecule has 1 heterocycles. The number of ether oxygens (including phenoxy) is 2. The van der Waals surface area contributed by atoms with Crippen molar-refractivity contribution in [2.24, 2.45) is 0 Å². The van der Waals surface area contributed by atoms with E-state index in [2.05, 4.69) is 20.8 Å². The molecule has 1 aromatic heterocycles. The van der Waals surface area contributed by atoms with Crippen LogP contribution in [0, 0.1) is 0 Å². The fraction of sp³-hybridized carbons (Fsp3) is 0.267. The molecule has 0 atom stereocenters. The Morgan fingerprint density at radius 3 is 2.27 bits per heavy atom. The van der Waals surface area contributed by atoms with Crippen molar-refractivity contribution in [1.82, 2.24) is 10.2 Å². The monoisotopic (exact) mass is 302 g/mol. The molecular formula is C15H18N4O3. The number of anilines is 2. The summed E-state index contributed by atoms with van der Waals surface area (Å²) in [5, 5.41) is 13.5. The topological polar surface area (TPSA) is 85.4 Å². The summed E-state index contributed by atoms with van der Waals surface area (Å²) in [7, 11) is 1.62. The maximum absolute atomic E-state index is 10.9. The second-order valence-corrected chi connectivity index (χ2v) is 4.44. The Bertz CT molecular complexity index is 599. The minimum Gasteiger partial charge on any atom is -0.497 e. The average Bonchev–Trinajstić information content (AvgIpc) is 2.53. The summed E-state index contributed by atoms with van der Waals surface area (Å²) >= 11 is 0. The predicted octanol–water partition coefficient (Wildman–Crippen LogP) is 1.93. The third-order valence-electron chi connectivity index (χ3n) is 2.70. The highest BCUT2D eigenvalue weighted by Gasteiger charge is 1.99. The van der Waals surface area contributed by atoms with Crippen LogP contribution in [0.15, 0.2) is 36.4 Å². The van der Waals surface area contributed by atoms with Gasteiger partial charge in [0.05, 0.1) is 13.7 Å². The molecule has 0 saturated carbocycles. The first-order valence-electron chi connectivity index (χ1n) is 6.79. The molecule has 1 aromatic carbocycles. The Balaban J connectivity index is 1.72. The third kappa shape index (κ3) is 4.93. The van der Waals surface area contributed by atoms with Crippen LogP contribution in [-0.4, -0.2) is 36.4 Å². The summed E-state index contributed by atoms with van der Waals surface area (Å²) in [6.45, 7) is 2.49. The number of aromatic nitrogens is 2. The average molecular weight is 302 g/mol. The first-order valence-corrected chi connectivity index (χ1v) is 6.79. The van der Waals surface area contributed by atoms with Gasteiger partial charge < -0.3 is 20.1 Å². The van der Waals surface area contributed by atoms with Crippen molar-refractivity contribution in [1.29, 1.82) is 0 Å². The van der Waals surface area contributed by atoms with E-state index in [1.807, 2.05) is 24.3 Å². The fourth-order valence-corrected chi connectivity index (χ4v) is 1.69. The minimum absolute atomic E-state index is 0.178. The van der Waals surface area contributed by atoms with Gasteiger partial charge >= 0.3 is 0 Å². The maximum Gasteiger partial charge on any atom is 0.222 e. The van der Waals surface area contributed by atoms with E-state index in [0.717, 1.165) is 11.5 Å². The zero-order chi connectivity index (χ0) is 15.8. The largest absolute Gasteiger partial charge is 0.497 e. The molecule has 2 rings (SSSR count). The lowest BCUT2D eigenvalue weighted by Gasteiger charge is -2.08. The number of benzene rings is 1. The lowest BCUT2D eigenvalue weighted by Crippen LogP contribution is -2.13. The molecule has 22 heavy (non-hydrogen) atoms. The number of hydrogen-bond acceptors (Lipinski definition) is 6. The standard InChI is InChI=1S/C15H18N4O3/c1-11(20)17-15-8-7-14(18-19-15)16-9-10-22-13-5-3-12(21-2)4-6-13/h3-8H,9-10H2,1-2H3,(H,16,18)(H,17,19,20). The number of rotatable bonds is 7. The van der Waals surface area contributed by atoms with Crippen LogP contribution in [0.25, 0.3) is 0 Å². The summed E-state index contributed by atoms with van der Waals surface area (Å²) in [5.41, 5.74) is 0. The molecule has 7 nitrogen and oxygen atoms in total. The summed E-state index contributed by atoms with van der Waals surface area (Å²) in [4.78, 5) is 10.9. The van der Waals surface area contributed by atoms with Crippen LogP contribution in [0.3, 0.4) is 0 Å². The van der Waals surface area contributed by atoms with Gasteiger partial charge in [-0.3, -0.25) is 4.79 Å². The molecule has 0 aliphatic rings. The van der Waals surface area contributed by atoms with Crippen molar-refractivity contribution in [2.45, 2.75) is 6.92 Å². The molecule has 2 aromatic rings. The number of nitrogens with zero attached hydrogens (tertiary/aromatic N) is 2. The van der Waals surface area contributed by atoms with Gasteiger partial charge in [0.15, 0.2) is 5.82 Å². The minimum atomic E-state index is -0.178. The molecule has 0 saturated heterocycles. The predicted molar refractivity (Wildman–Crippen MR) is 83.3 cm³/mol. The lowest BCUT2D eigenvalue weighted by molar-refractivity contribution is -0.114. The Kier molecular flexibility index (Phi) is 5.53.